The molecular formula is C21H24N6. The molecule has 4 N–H and O–H groups in total. The van der Waals surface area contributed by atoms with Crippen LogP contribution in [0.2, 0.25) is 0 Å². The zero-order chi connectivity index (χ0) is 18.5. The highest BCUT2D eigenvalue weighted by atomic mass is 15.2. The van der Waals surface area contributed by atoms with Crippen molar-refractivity contribution >= 4 is 17.3 Å². The fourth-order valence-electron chi connectivity index (χ4n) is 3.15. The van der Waals surface area contributed by atoms with E-state index < -0.39 is 0 Å². The summed E-state index contributed by atoms with van der Waals surface area (Å²) in [5.41, 5.74) is 9.49. The molecule has 0 unspecified atom stereocenters. The number of nitrogens with two attached hydrogens (primary N) is 1. The zero-order valence-electron chi connectivity index (χ0n) is 15.2. The van der Waals surface area contributed by atoms with E-state index in [2.05, 4.69) is 74.0 Å². The van der Waals surface area contributed by atoms with Crippen LogP contribution in [0.1, 0.15) is 11.1 Å². The Bertz CT molecular complexity index is 823. The minimum absolute atomic E-state index is 0.367. The third kappa shape index (κ3) is 4.17. The minimum atomic E-state index is 0.367. The quantitative estimate of drug-likeness (QED) is 0.601. The van der Waals surface area contributed by atoms with Crippen molar-refractivity contribution in [3.63, 3.8) is 0 Å². The standard InChI is InChI=1S/C21H24N6/c22-19-20(26-18-11-23-12-18)24-15-25-21(19)27(13-16-7-3-1-4-8-16)14-17-9-5-2-6-10-17/h1-10,15,18,23H,11-14,22H2,(H,24,25,26). The van der Waals surface area contributed by atoms with Crippen LogP contribution < -0.4 is 21.3 Å². The molecule has 0 bridgehead atoms. The Labute approximate surface area is 159 Å². The highest BCUT2D eigenvalue weighted by Gasteiger charge is 2.21. The molecule has 0 atom stereocenters. The Hall–Kier alpha value is -3.12. The van der Waals surface area contributed by atoms with Crippen LogP contribution in [-0.2, 0) is 13.1 Å². The summed E-state index contributed by atoms with van der Waals surface area (Å²) >= 11 is 0. The van der Waals surface area contributed by atoms with Gasteiger partial charge in [0.1, 0.15) is 12.0 Å². The van der Waals surface area contributed by atoms with Gasteiger partial charge in [-0.1, -0.05) is 60.7 Å². The molecular weight excluding hydrogens is 336 g/mol. The molecule has 27 heavy (non-hydrogen) atoms. The van der Waals surface area contributed by atoms with Gasteiger partial charge in [-0.3, -0.25) is 0 Å². The number of aromatic nitrogens is 2. The third-order valence-corrected chi connectivity index (χ3v) is 4.72. The van der Waals surface area contributed by atoms with Crippen LogP contribution in [0.15, 0.2) is 67.0 Å². The maximum atomic E-state index is 6.47. The van der Waals surface area contributed by atoms with Crippen LogP contribution in [0, 0.1) is 0 Å². The van der Waals surface area contributed by atoms with Crippen molar-refractivity contribution in [2.45, 2.75) is 19.1 Å². The Morgan fingerprint density at radius 1 is 0.926 bits per heavy atom. The van der Waals surface area contributed by atoms with Gasteiger partial charge in [-0.2, -0.15) is 0 Å². The van der Waals surface area contributed by atoms with E-state index in [1.54, 1.807) is 6.33 Å². The summed E-state index contributed by atoms with van der Waals surface area (Å²) in [5.74, 6) is 1.46. The van der Waals surface area contributed by atoms with Crippen molar-refractivity contribution in [1.29, 1.82) is 0 Å². The average molecular weight is 360 g/mol. The van der Waals surface area contributed by atoms with Gasteiger partial charge >= 0.3 is 0 Å². The number of hydrogen-bond acceptors (Lipinski definition) is 6. The minimum Gasteiger partial charge on any atom is -0.393 e. The van der Waals surface area contributed by atoms with E-state index in [9.17, 15) is 0 Å². The van der Waals surface area contributed by atoms with Gasteiger partial charge in [0.2, 0.25) is 0 Å². The number of nitrogens with zero attached hydrogens (tertiary/aromatic N) is 3. The first kappa shape index (κ1) is 17.3. The topological polar surface area (TPSA) is 79.1 Å². The number of benzene rings is 2. The van der Waals surface area contributed by atoms with Gasteiger partial charge in [0.25, 0.3) is 0 Å². The Balaban J connectivity index is 1.63. The molecule has 1 saturated heterocycles. The summed E-state index contributed by atoms with van der Waals surface area (Å²) in [7, 11) is 0. The smallest absolute Gasteiger partial charge is 0.158 e. The predicted molar refractivity (Wildman–Crippen MR) is 109 cm³/mol. The largest absolute Gasteiger partial charge is 0.393 e. The molecule has 4 rings (SSSR count). The van der Waals surface area contributed by atoms with E-state index in [1.807, 2.05) is 12.1 Å². The lowest BCUT2D eigenvalue weighted by atomic mass is 10.1. The molecule has 2 heterocycles. The number of nitrogens with one attached hydrogen (secondary N) is 2. The van der Waals surface area contributed by atoms with Crippen LogP contribution in [0.25, 0.3) is 0 Å². The molecule has 2 aromatic carbocycles. The monoisotopic (exact) mass is 360 g/mol. The van der Waals surface area contributed by atoms with Crippen LogP contribution in [0.5, 0.6) is 0 Å². The lowest BCUT2D eigenvalue weighted by Gasteiger charge is -2.30. The van der Waals surface area contributed by atoms with Gasteiger partial charge in [-0.05, 0) is 11.1 Å². The number of hydrogen-bond donors (Lipinski definition) is 3. The van der Waals surface area contributed by atoms with Crippen LogP contribution >= 0.6 is 0 Å². The molecule has 138 valence electrons. The van der Waals surface area contributed by atoms with Crippen LogP contribution in [0.4, 0.5) is 17.3 Å². The average Bonchev–Trinajstić information content (AvgIpc) is 2.67. The highest BCUT2D eigenvalue weighted by Crippen LogP contribution is 2.29. The first-order valence-corrected chi connectivity index (χ1v) is 9.20. The maximum Gasteiger partial charge on any atom is 0.158 e. The number of nitrogen functional groups attached to an aromatic ring is 1. The van der Waals surface area contributed by atoms with Crippen molar-refractivity contribution in [1.82, 2.24) is 15.3 Å². The summed E-state index contributed by atoms with van der Waals surface area (Å²) in [5, 5.41) is 6.65. The molecule has 6 nitrogen and oxygen atoms in total. The molecule has 0 spiro atoms. The third-order valence-electron chi connectivity index (χ3n) is 4.72. The van der Waals surface area contributed by atoms with E-state index in [-0.39, 0.29) is 0 Å². The second-order valence-corrected chi connectivity index (χ2v) is 6.79. The summed E-state index contributed by atoms with van der Waals surface area (Å²) < 4.78 is 0. The summed E-state index contributed by atoms with van der Waals surface area (Å²) in [6.07, 6.45) is 1.59. The Morgan fingerprint density at radius 2 is 1.52 bits per heavy atom. The van der Waals surface area contributed by atoms with Crippen molar-refractivity contribution < 1.29 is 0 Å². The van der Waals surface area contributed by atoms with E-state index in [4.69, 9.17) is 5.73 Å². The molecule has 1 fully saturated rings. The van der Waals surface area contributed by atoms with E-state index in [0.29, 0.717) is 17.5 Å². The lowest BCUT2D eigenvalue weighted by Crippen LogP contribution is -2.51. The van der Waals surface area contributed by atoms with Gasteiger partial charge in [0.15, 0.2) is 11.6 Å². The Morgan fingerprint density at radius 3 is 2.04 bits per heavy atom. The Kier molecular flexibility index (Phi) is 5.16. The maximum absolute atomic E-state index is 6.47. The van der Waals surface area contributed by atoms with Gasteiger partial charge in [0, 0.05) is 26.2 Å². The van der Waals surface area contributed by atoms with E-state index >= 15 is 0 Å². The van der Waals surface area contributed by atoms with Crippen molar-refractivity contribution in [2.24, 2.45) is 0 Å². The molecule has 0 radical (unpaired) electrons. The highest BCUT2D eigenvalue weighted by molar-refractivity contribution is 5.75. The van der Waals surface area contributed by atoms with Gasteiger partial charge < -0.3 is 21.3 Å². The fraction of sp³-hybridized carbons (Fsp3) is 0.238. The van der Waals surface area contributed by atoms with Crippen LogP contribution in [0.3, 0.4) is 0 Å². The second kappa shape index (κ2) is 8.05. The summed E-state index contributed by atoms with van der Waals surface area (Å²) in [4.78, 5) is 11.1. The van der Waals surface area contributed by atoms with Gasteiger partial charge in [-0.25, -0.2) is 9.97 Å². The molecule has 1 aromatic heterocycles. The molecule has 6 heteroatoms. The zero-order valence-corrected chi connectivity index (χ0v) is 15.2. The van der Waals surface area contributed by atoms with E-state index in [0.717, 1.165) is 32.0 Å². The molecule has 1 aliphatic heterocycles. The van der Waals surface area contributed by atoms with Gasteiger partial charge in [-0.15, -0.1) is 0 Å². The SMILES string of the molecule is Nc1c(NC2CNC2)ncnc1N(Cc1ccccc1)Cc1ccccc1. The number of rotatable bonds is 7. The fourth-order valence-corrected chi connectivity index (χ4v) is 3.15. The van der Waals surface area contributed by atoms with Gasteiger partial charge in [0.05, 0.1) is 6.04 Å². The molecule has 0 aliphatic carbocycles. The van der Waals surface area contributed by atoms with Crippen LogP contribution in [-0.4, -0.2) is 29.1 Å². The van der Waals surface area contributed by atoms with Crippen molar-refractivity contribution in [2.75, 3.05) is 29.0 Å². The normalized spacial score (nSPS) is 13.8. The first-order chi connectivity index (χ1) is 13.3. The number of anilines is 3. The second-order valence-electron chi connectivity index (χ2n) is 6.79. The summed E-state index contributed by atoms with van der Waals surface area (Å²) in [6, 6.07) is 21.1. The predicted octanol–water partition coefficient (Wildman–Crippen LogP) is 2.65. The molecule has 0 saturated carbocycles. The molecule has 3 aromatic rings. The first-order valence-electron chi connectivity index (χ1n) is 9.20. The lowest BCUT2D eigenvalue weighted by molar-refractivity contribution is 0.471. The van der Waals surface area contributed by atoms with Crippen molar-refractivity contribution in [3.8, 4) is 0 Å². The summed E-state index contributed by atoms with van der Waals surface area (Å²) in [6.45, 7) is 3.30. The van der Waals surface area contributed by atoms with Crippen molar-refractivity contribution in [3.05, 3.63) is 78.1 Å². The molecule has 0 amide bonds. The van der Waals surface area contributed by atoms with E-state index in [1.165, 1.54) is 11.1 Å². The molecule has 1 aliphatic rings.